The highest BCUT2D eigenvalue weighted by atomic mass is 16.4. The number of carboxylic acid groups (broad SMARTS) is 1. The van der Waals surface area contributed by atoms with E-state index in [0.717, 1.165) is 24.0 Å². The molecule has 3 rings (SSSR count). The Morgan fingerprint density at radius 1 is 0.709 bits per heavy atom. The standard InChI is InChI=1S/C36H47N5O8.C6H12/c1-4-7-9-19-29(42)37-22-30(43)39-28(21-25-16-12-15-24(20-25)13-5-2)34(46)40-27(14-6-3)33(45)35(47)38-23-31(44)41-32(36(48)49)26-17-10-8-11-18-26;1-2-4-6-5-3-1/h5,8,10-13,15-18,20,27-28,32H,4,6-7,9,14,19,21-23H2,1-3H3,(H,37,42)(H,38,47)(H,39,43)(H,40,46)(H,41,44)(H,48,49);1-6H2/b13-5-;. The summed E-state index contributed by atoms with van der Waals surface area (Å²) in [7, 11) is 0. The zero-order valence-corrected chi connectivity index (χ0v) is 32.5. The van der Waals surface area contributed by atoms with Crippen LogP contribution < -0.4 is 26.6 Å². The first-order valence-corrected chi connectivity index (χ1v) is 19.5. The number of benzene rings is 2. The van der Waals surface area contributed by atoms with Crippen molar-refractivity contribution in [3.05, 3.63) is 77.4 Å². The van der Waals surface area contributed by atoms with Crippen LogP contribution in [0.1, 0.15) is 121 Å². The maximum atomic E-state index is 13.6. The Morgan fingerprint density at radius 3 is 1.95 bits per heavy atom. The van der Waals surface area contributed by atoms with Crippen molar-refractivity contribution in [2.75, 3.05) is 13.1 Å². The van der Waals surface area contributed by atoms with E-state index in [1.807, 2.05) is 38.1 Å². The minimum Gasteiger partial charge on any atom is -0.479 e. The van der Waals surface area contributed by atoms with E-state index in [-0.39, 0.29) is 31.7 Å². The van der Waals surface area contributed by atoms with E-state index in [9.17, 15) is 38.7 Å². The van der Waals surface area contributed by atoms with Gasteiger partial charge in [-0.05, 0) is 36.5 Å². The first kappa shape index (κ1) is 45.8. The SMILES string of the molecule is C/C=C\c1cccc(CC(NC(=O)CNC(=O)CCCCC)C(=O)NC(CCC)C(=O)C(=O)NCC(=O)NC(C(=O)O)c2ccccc2)c1.C1CCCCC1. The second kappa shape index (κ2) is 26.4. The average Bonchev–Trinajstić information content (AvgIpc) is 3.19. The number of rotatable bonds is 21. The molecule has 0 radical (unpaired) electrons. The Morgan fingerprint density at radius 2 is 1.35 bits per heavy atom. The minimum atomic E-state index is -1.37. The van der Waals surface area contributed by atoms with Crippen LogP contribution in [0.25, 0.3) is 6.08 Å². The molecule has 300 valence electrons. The molecule has 55 heavy (non-hydrogen) atoms. The Labute approximate surface area is 324 Å². The van der Waals surface area contributed by atoms with E-state index < -0.39 is 60.1 Å². The summed E-state index contributed by atoms with van der Waals surface area (Å²) >= 11 is 0. The molecule has 3 unspecified atom stereocenters. The molecule has 0 bridgehead atoms. The first-order valence-electron chi connectivity index (χ1n) is 19.5. The third-order valence-electron chi connectivity index (χ3n) is 8.88. The van der Waals surface area contributed by atoms with Gasteiger partial charge in [-0.25, -0.2) is 4.79 Å². The number of aliphatic carboxylic acids is 1. The number of Topliss-reactive ketones (excluding diaryl/α,β-unsaturated/α-hetero) is 1. The van der Waals surface area contributed by atoms with Crippen LogP contribution in [0.4, 0.5) is 0 Å². The van der Waals surface area contributed by atoms with Crippen LogP contribution in [-0.4, -0.2) is 71.6 Å². The third kappa shape index (κ3) is 18.5. The topological polar surface area (TPSA) is 200 Å². The van der Waals surface area contributed by atoms with Crippen LogP contribution in [0.3, 0.4) is 0 Å². The van der Waals surface area contributed by atoms with Gasteiger partial charge in [0.25, 0.3) is 5.91 Å². The van der Waals surface area contributed by atoms with Crippen LogP contribution in [0.15, 0.2) is 60.7 Å². The van der Waals surface area contributed by atoms with Crippen LogP contribution >= 0.6 is 0 Å². The van der Waals surface area contributed by atoms with Crippen molar-refractivity contribution in [3.8, 4) is 0 Å². The van der Waals surface area contributed by atoms with Crippen molar-refractivity contribution >= 4 is 47.4 Å². The number of carboxylic acids is 1. The highest BCUT2D eigenvalue weighted by Crippen LogP contribution is 2.15. The highest BCUT2D eigenvalue weighted by Gasteiger charge is 2.31. The lowest BCUT2D eigenvalue weighted by molar-refractivity contribution is -0.142. The molecule has 5 amide bonds. The number of nitrogens with one attached hydrogen (secondary N) is 5. The average molecular weight is 762 g/mol. The summed E-state index contributed by atoms with van der Waals surface area (Å²) in [6.07, 6.45) is 16.1. The summed E-state index contributed by atoms with van der Waals surface area (Å²) in [4.78, 5) is 88.7. The molecule has 13 heteroatoms. The fourth-order valence-electron chi connectivity index (χ4n) is 5.95. The molecular formula is C42H59N5O8. The van der Waals surface area contributed by atoms with Crippen molar-refractivity contribution in [2.45, 2.75) is 122 Å². The maximum absolute atomic E-state index is 13.6. The van der Waals surface area contributed by atoms with Crippen LogP contribution in [-0.2, 0) is 40.0 Å². The van der Waals surface area contributed by atoms with Crippen molar-refractivity contribution < 1.29 is 38.7 Å². The van der Waals surface area contributed by atoms with Gasteiger partial charge < -0.3 is 31.7 Å². The number of hydrogen-bond donors (Lipinski definition) is 6. The molecule has 0 heterocycles. The lowest BCUT2D eigenvalue weighted by Crippen LogP contribution is -2.55. The Kier molecular flexibility index (Phi) is 22.0. The fourth-order valence-corrected chi connectivity index (χ4v) is 5.95. The van der Waals surface area contributed by atoms with E-state index >= 15 is 0 Å². The Hall–Kier alpha value is -5.33. The van der Waals surface area contributed by atoms with Crippen molar-refractivity contribution in [2.24, 2.45) is 0 Å². The number of carbonyl (C=O) groups excluding carboxylic acids is 6. The number of allylic oxidation sites excluding steroid dienone is 1. The molecule has 13 nitrogen and oxygen atoms in total. The number of unbranched alkanes of at least 4 members (excludes halogenated alkanes) is 2. The van der Waals surface area contributed by atoms with Gasteiger partial charge in [0.15, 0.2) is 6.04 Å². The first-order chi connectivity index (χ1) is 26.5. The minimum absolute atomic E-state index is 0.0545. The maximum Gasteiger partial charge on any atom is 0.330 e. The second-order valence-corrected chi connectivity index (χ2v) is 13.6. The lowest BCUT2D eigenvalue weighted by atomic mass is 10.0. The largest absolute Gasteiger partial charge is 0.479 e. The molecule has 1 saturated carbocycles. The molecule has 0 saturated heterocycles. The molecule has 2 aromatic carbocycles. The van der Waals surface area contributed by atoms with E-state index in [1.54, 1.807) is 37.3 Å². The predicted molar refractivity (Wildman–Crippen MR) is 211 cm³/mol. The third-order valence-corrected chi connectivity index (χ3v) is 8.88. The quantitative estimate of drug-likeness (QED) is 0.0777. The second-order valence-electron chi connectivity index (χ2n) is 13.6. The molecule has 1 aliphatic carbocycles. The smallest absolute Gasteiger partial charge is 0.330 e. The molecule has 2 aromatic rings. The highest BCUT2D eigenvalue weighted by molar-refractivity contribution is 6.38. The molecular weight excluding hydrogens is 702 g/mol. The van der Waals surface area contributed by atoms with Gasteiger partial charge in [0, 0.05) is 12.8 Å². The predicted octanol–water partition coefficient (Wildman–Crippen LogP) is 4.70. The van der Waals surface area contributed by atoms with Crippen molar-refractivity contribution in [1.29, 1.82) is 0 Å². The zero-order chi connectivity index (χ0) is 40.4. The number of carbonyl (C=O) groups is 7. The van der Waals surface area contributed by atoms with E-state index in [0.29, 0.717) is 18.4 Å². The zero-order valence-electron chi connectivity index (χ0n) is 32.5. The molecule has 3 atom stereocenters. The Balaban J connectivity index is 0.00000158. The van der Waals surface area contributed by atoms with Gasteiger partial charge in [-0.15, -0.1) is 0 Å². The summed E-state index contributed by atoms with van der Waals surface area (Å²) in [5.74, 6) is -5.91. The van der Waals surface area contributed by atoms with Gasteiger partial charge in [-0.2, -0.15) is 0 Å². The number of ketones is 1. The van der Waals surface area contributed by atoms with Crippen molar-refractivity contribution in [1.82, 2.24) is 26.6 Å². The van der Waals surface area contributed by atoms with Crippen LogP contribution in [0.5, 0.6) is 0 Å². The molecule has 0 aromatic heterocycles. The summed E-state index contributed by atoms with van der Waals surface area (Å²) < 4.78 is 0. The van der Waals surface area contributed by atoms with E-state index in [2.05, 4.69) is 26.6 Å². The normalized spacial score (nSPS) is 13.9. The molecule has 1 fully saturated rings. The monoisotopic (exact) mass is 761 g/mol. The van der Waals surface area contributed by atoms with Gasteiger partial charge in [-0.1, -0.05) is 138 Å². The summed E-state index contributed by atoms with van der Waals surface area (Å²) in [5.41, 5.74) is 1.92. The van der Waals surface area contributed by atoms with Crippen LogP contribution in [0.2, 0.25) is 0 Å². The summed E-state index contributed by atoms with van der Waals surface area (Å²) in [6, 6.07) is 11.5. The molecule has 6 N–H and O–H groups in total. The van der Waals surface area contributed by atoms with Gasteiger partial charge >= 0.3 is 5.97 Å². The van der Waals surface area contributed by atoms with Gasteiger partial charge in [0.05, 0.1) is 19.1 Å². The number of hydrogen-bond acceptors (Lipinski definition) is 7. The van der Waals surface area contributed by atoms with Gasteiger partial charge in [-0.3, -0.25) is 28.8 Å². The summed E-state index contributed by atoms with van der Waals surface area (Å²) in [5, 5.41) is 21.8. The molecule has 0 spiro atoms. The molecule has 1 aliphatic rings. The Bertz CT molecular complexity index is 1560. The van der Waals surface area contributed by atoms with Gasteiger partial charge in [0.1, 0.15) is 6.04 Å². The van der Waals surface area contributed by atoms with E-state index in [1.165, 1.54) is 50.7 Å². The van der Waals surface area contributed by atoms with Gasteiger partial charge in [0.2, 0.25) is 29.4 Å². The van der Waals surface area contributed by atoms with Crippen molar-refractivity contribution in [3.63, 3.8) is 0 Å². The summed E-state index contributed by atoms with van der Waals surface area (Å²) in [6.45, 7) is 4.61. The van der Waals surface area contributed by atoms with Crippen LogP contribution in [0, 0.1) is 0 Å². The molecule has 0 aliphatic heterocycles. The fraction of sp³-hybridized carbons (Fsp3) is 0.500. The lowest BCUT2D eigenvalue weighted by Gasteiger charge is -2.23. The van der Waals surface area contributed by atoms with E-state index in [4.69, 9.17) is 0 Å². The number of amides is 5.